The molecule has 1 aromatic carbocycles. The minimum absolute atomic E-state index is 0.442. The van der Waals surface area contributed by atoms with E-state index in [1.165, 1.54) is 5.56 Å². The average molecular weight is 179 g/mol. The van der Waals surface area contributed by atoms with Crippen molar-refractivity contribution in [1.29, 1.82) is 0 Å². The van der Waals surface area contributed by atoms with Crippen LogP contribution in [0.1, 0.15) is 30.9 Å². The van der Waals surface area contributed by atoms with Crippen molar-refractivity contribution in [3.8, 4) is 5.75 Å². The Morgan fingerprint density at radius 1 is 1.31 bits per heavy atom. The van der Waals surface area contributed by atoms with Gasteiger partial charge in [0.05, 0.1) is 12.8 Å². The molecule has 0 spiro atoms. The van der Waals surface area contributed by atoms with E-state index in [0.29, 0.717) is 5.92 Å². The summed E-state index contributed by atoms with van der Waals surface area (Å²) in [5.74, 6) is 1.27. The van der Waals surface area contributed by atoms with Gasteiger partial charge in [0.15, 0.2) is 0 Å². The first-order valence-electron chi connectivity index (χ1n) is 4.51. The van der Waals surface area contributed by atoms with Crippen LogP contribution in [0.3, 0.4) is 0 Å². The van der Waals surface area contributed by atoms with Gasteiger partial charge in [-0.25, -0.2) is 0 Å². The van der Waals surface area contributed by atoms with Crippen molar-refractivity contribution < 1.29 is 4.74 Å². The molecule has 0 aliphatic heterocycles. The normalized spacial score (nSPS) is 10.5. The van der Waals surface area contributed by atoms with E-state index in [2.05, 4.69) is 19.9 Å². The lowest BCUT2D eigenvalue weighted by Crippen LogP contribution is -2.00. The van der Waals surface area contributed by atoms with Gasteiger partial charge in [-0.1, -0.05) is 26.0 Å². The van der Waals surface area contributed by atoms with E-state index >= 15 is 0 Å². The van der Waals surface area contributed by atoms with E-state index < -0.39 is 0 Å². The summed E-state index contributed by atoms with van der Waals surface area (Å²) < 4.78 is 5.29. The van der Waals surface area contributed by atoms with Gasteiger partial charge >= 0.3 is 0 Å². The molecule has 0 unspecified atom stereocenters. The van der Waals surface area contributed by atoms with Crippen LogP contribution in [0.5, 0.6) is 5.75 Å². The standard InChI is InChI=1S/C11H17NO/c1-7(2)9-6-5-8(3)10(12)11(9)13-4/h5-7H,12H2,1-4H3. The van der Waals surface area contributed by atoms with E-state index in [9.17, 15) is 0 Å². The van der Waals surface area contributed by atoms with Gasteiger partial charge in [-0.15, -0.1) is 0 Å². The Balaban J connectivity index is 3.30. The second-order valence-corrected chi connectivity index (χ2v) is 3.57. The van der Waals surface area contributed by atoms with Crippen LogP contribution in [0.4, 0.5) is 5.69 Å². The first kappa shape index (κ1) is 9.90. The van der Waals surface area contributed by atoms with E-state index in [1.54, 1.807) is 7.11 Å². The largest absolute Gasteiger partial charge is 0.494 e. The zero-order valence-corrected chi connectivity index (χ0v) is 8.72. The van der Waals surface area contributed by atoms with Gasteiger partial charge in [0.25, 0.3) is 0 Å². The number of ether oxygens (including phenoxy) is 1. The Morgan fingerprint density at radius 3 is 2.38 bits per heavy atom. The molecule has 0 fully saturated rings. The highest BCUT2D eigenvalue weighted by Crippen LogP contribution is 2.33. The number of anilines is 1. The second-order valence-electron chi connectivity index (χ2n) is 3.57. The van der Waals surface area contributed by atoms with E-state index in [1.807, 2.05) is 13.0 Å². The maximum atomic E-state index is 5.91. The highest BCUT2D eigenvalue weighted by molar-refractivity contribution is 5.62. The number of hydrogen-bond donors (Lipinski definition) is 1. The quantitative estimate of drug-likeness (QED) is 0.708. The zero-order valence-electron chi connectivity index (χ0n) is 8.72. The molecular formula is C11H17NO. The summed E-state index contributed by atoms with van der Waals surface area (Å²) in [6, 6.07) is 4.11. The number of aryl methyl sites for hydroxylation is 1. The van der Waals surface area contributed by atoms with Crippen molar-refractivity contribution in [3.63, 3.8) is 0 Å². The number of nitrogens with two attached hydrogens (primary N) is 1. The van der Waals surface area contributed by atoms with Gasteiger partial charge in [-0.3, -0.25) is 0 Å². The Labute approximate surface area is 79.7 Å². The summed E-state index contributed by atoms with van der Waals surface area (Å²) in [5, 5.41) is 0. The fraction of sp³-hybridized carbons (Fsp3) is 0.455. The van der Waals surface area contributed by atoms with E-state index in [-0.39, 0.29) is 0 Å². The average Bonchev–Trinajstić information content (AvgIpc) is 2.09. The molecular weight excluding hydrogens is 162 g/mol. The van der Waals surface area contributed by atoms with Crippen LogP contribution in [0.25, 0.3) is 0 Å². The summed E-state index contributed by atoms with van der Waals surface area (Å²) in [5.41, 5.74) is 8.91. The first-order valence-corrected chi connectivity index (χ1v) is 4.51. The van der Waals surface area contributed by atoms with Crippen LogP contribution in [0.2, 0.25) is 0 Å². The Morgan fingerprint density at radius 2 is 1.92 bits per heavy atom. The Kier molecular flexibility index (Phi) is 2.81. The van der Waals surface area contributed by atoms with Gasteiger partial charge < -0.3 is 10.5 Å². The monoisotopic (exact) mass is 179 g/mol. The fourth-order valence-electron chi connectivity index (χ4n) is 1.40. The third kappa shape index (κ3) is 1.77. The lowest BCUT2D eigenvalue weighted by molar-refractivity contribution is 0.409. The van der Waals surface area contributed by atoms with Crippen molar-refractivity contribution in [3.05, 3.63) is 23.3 Å². The highest BCUT2D eigenvalue weighted by atomic mass is 16.5. The predicted octanol–water partition coefficient (Wildman–Crippen LogP) is 2.71. The fourth-order valence-corrected chi connectivity index (χ4v) is 1.40. The molecule has 1 aromatic rings. The van der Waals surface area contributed by atoms with Gasteiger partial charge in [-0.05, 0) is 24.0 Å². The molecule has 0 saturated carbocycles. The molecule has 0 aliphatic rings. The van der Waals surface area contributed by atoms with Gasteiger partial charge in [-0.2, -0.15) is 0 Å². The summed E-state index contributed by atoms with van der Waals surface area (Å²) in [6.45, 7) is 6.25. The molecule has 0 bridgehead atoms. The third-order valence-corrected chi connectivity index (χ3v) is 2.27. The molecule has 2 nitrogen and oxygen atoms in total. The minimum atomic E-state index is 0.442. The van der Waals surface area contributed by atoms with Crippen molar-refractivity contribution in [2.75, 3.05) is 12.8 Å². The number of benzene rings is 1. The van der Waals surface area contributed by atoms with Crippen LogP contribution in [-0.4, -0.2) is 7.11 Å². The van der Waals surface area contributed by atoms with Gasteiger partial charge in [0.2, 0.25) is 0 Å². The summed E-state index contributed by atoms with van der Waals surface area (Å²) >= 11 is 0. The molecule has 0 radical (unpaired) electrons. The van der Waals surface area contributed by atoms with E-state index in [0.717, 1.165) is 17.0 Å². The molecule has 0 amide bonds. The molecule has 13 heavy (non-hydrogen) atoms. The van der Waals surface area contributed by atoms with Crippen molar-refractivity contribution in [1.82, 2.24) is 0 Å². The number of methoxy groups -OCH3 is 1. The first-order chi connectivity index (χ1) is 6.07. The minimum Gasteiger partial charge on any atom is -0.494 e. The van der Waals surface area contributed by atoms with Crippen LogP contribution in [0, 0.1) is 6.92 Å². The van der Waals surface area contributed by atoms with Crippen LogP contribution in [0.15, 0.2) is 12.1 Å². The van der Waals surface area contributed by atoms with Crippen molar-refractivity contribution in [2.45, 2.75) is 26.7 Å². The van der Waals surface area contributed by atoms with Crippen LogP contribution in [-0.2, 0) is 0 Å². The maximum absolute atomic E-state index is 5.91. The van der Waals surface area contributed by atoms with Crippen molar-refractivity contribution >= 4 is 5.69 Å². The van der Waals surface area contributed by atoms with Gasteiger partial charge in [0, 0.05) is 0 Å². The molecule has 0 atom stereocenters. The molecule has 2 N–H and O–H groups in total. The van der Waals surface area contributed by atoms with Gasteiger partial charge in [0.1, 0.15) is 5.75 Å². The summed E-state index contributed by atoms with van der Waals surface area (Å²) in [7, 11) is 1.66. The lowest BCUT2D eigenvalue weighted by Gasteiger charge is -2.15. The molecule has 0 aromatic heterocycles. The SMILES string of the molecule is COc1c(C(C)C)ccc(C)c1N. The van der Waals surface area contributed by atoms with Crippen LogP contribution < -0.4 is 10.5 Å². The number of hydrogen-bond acceptors (Lipinski definition) is 2. The molecule has 0 aliphatic carbocycles. The molecule has 1 rings (SSSR count). The second kappa shape index (κ2) is 3.69. The summed E-state index contributed by atoms with van der Waals surface area (Å²) in [4.78, 5) is 0. The molecule has 2 heteroatoms. The topological polar surface area (TPSA) is 35.2 Å². The van der Waals surface area contributed by atoms with Crippen LogP contribution >= 0.6 is 0 Å². The van der Waals surface area contributed by atoms with E-state index in [4.69, 9.17) is 10.5 Å². The highest BCUT2D eigenvalue weighted by Gasteiger charge is 2.11. The predicted molar refractivity (Wildman–Crippen MR) is 56.2 cm³/mol. The third-order valence-electron chi connectivity index (χ3n) is 2.27. The van der Waals surface area contributed by atoms with Crippen molar-refractivity contribution in [2.24, 2.45) is 0 Å². The molecule has 72 valence electrons. The molecule has 0 heterocycles. The Hall–Kier alpha value is -1.18. The zero-order chi connectivity index (χ0) is 10.0. The summed E-state index contributed by atoms with van der Waals surface area (Å²) in [6.07, 6.45) is 0. The number of nitrogen functional groups attached to an aromatic ring is 1. The Bertz CT molecular complexity index is 305. The lowest BCUT2D eigenvalue weighted by atomic mass is 9.99. The smallest absolute Gasteiger partial charge is 0.145 e. The maximum Gasteiger partial charge on any atom is 0.145 e. The molecule has 0 saturated heterocycles. The number of rotatable bonds is 2.